The van der Waals surface area contributed by atoms with E-state index in [1.807, 2.05) is 0 Å². The summed E-state index contributed by atoms with van der Waals surface area (Å²) in [5.41, 5.74) is 1.39. The zero-order valence-electron chi connectivity index (χ0n) is 10.3. The summed E-state index contributed by atoms with van der Waals surface area (Å²) in [7, 11) is 0. The van der Waals surface area contributed by atoms with Crippen LogP contribution in [0.3, 0.4) is 0 Å². The number of thiazole rings is 1. The standard InChI is InChI=1S/C13H11BrFNO3S/c14-9-6-8(3-4-10(9)15)11-7-20-13(19)16(11)5-1-2-12(17)18/h3-4,6-7H,1-2,5H2,(H,17,18). The Hall–Kier alpha value is -1.47. The number of carboxylic acids is 1. The molecular formula is C13H11BrFNO3S. The van der Waals surface area contributed by atoms with E-state index in [-0.39, 0.29) is 17.1 Å². The zero-order valence-corrected chi connectivity index (χ0v) is 12.7. The summed E-state index contributed by atoms with van der Waals surface area (Å²) >= 11 is 4.16. The van der Waals surface area contributed by atoms with Crippen molar-refractivity contribution in [3.8, 4) is 11.3 Å². The normalized spacial score (nSPS) is 10.7. The van der Waals surface area contributed by atoms with Crippen LogP contribution >= 0.6 is 27.3 Å². The Morgan fingerprint density at radius 3 is 2.85 bits per heavy atom. The van der Waals surface area contributed by atoms with Gasteiger partial charge in [-0.05, 0) is 40.5 Å². The van der Waals surface area contributed by atoms with Crippen LogP contribution in [-0.4, -0.2) is 15.6 Å². The average molecular weight is 360 g/mol. The molecule has 1 aromatic heterocycles. The third-order valence-corrected chi connectivity index (χ3v) is 4.14. The lowest BCUT2D eigenvalue weighted by atomic mass is 10.1. The van der Waals surface area contributed by atoms with Gasteiger partial charge in [-0.2, -0.15) is 0 Å². The number of aromatic nitrogens is 1. The van der Waals surface area contributed by atoms with Crippen molar-refractivity contribution in [2.45, 2.75) is 19.4 Å². The van der Waals surface area contributed by atoms with Gasteiger partial charge in [0, 0.05) is 23.9 Å². The van der Waals surface area contributed by atoms with Gasteiger partial charge < -0.3 is 5.11 Å². The first-order valence-corrected chi connectivity index (χ1v) is 7.52. The molecule has 2 rings (SSSR count). The minimum absolute atomic E-state index is 0.00877. The molecule has 1 aromatic carbocycles. The van der Waals surface area contributed by atoms with E-state index >= 15 is 0 Å². The third kappa shape index (κ3) is 3.34. The molecule has 106 valence electrons. The lowest BCUT2D eigenvalue weighted by Crippen LogP contribution is -2.15. The Balaban J connectivity index is 2.30. The van der Waals surface area contributed by atoms with E-state index in [2.05, 4.69) is 15.9 Å². The summed E-state index contributed by atoms with van der Waals surface area (Å²) in [6.07, 6.45) is 0.385. The van der Waals surface area contributed by atoms with Crippen molar-refractivity contribution in [2.24, 2.45) is 0 Å². The summed E-state index contributed by atoms with van der Waals surface area (Å²) in [5, 5.41) is 10.3. The molecule has 0 bridgehead atoms. The molecule has 7 heteroatoms. The zero-order chi connectivity index (χ0) is 14.7. The number of nitrogens with zero attached hydrogens (tertiary/aromatic N) is 1. The highest BCUT2D eigenvalue weighted by Gasteiger charge is 2.11. The summed E-state index contributed by atoms with van der Waals surface area (Å²) in [5.74, 6) is -1.26. The van der Waals surface area contributed by atoms with Crippen molar-refractivity contribution >= 4 is 33.2 Å². The first-order chi connectivity index (χ1) is 9.49. The van der Waals surface area contributed by atoms with Crippen molar-refractivity contribution in [1.82, 2.24) is 4.57 Å². The van der Waals surface area contributed by atoms with Crippen LogP contribution in [-0.2, 0) is 11.3 Å². The molecular weight excluding hydrogens is 349 g/mol. The molecule has 0 atom stereocenters. The Morgan fingerprint density at radius 2 is 2.20 bits per heavy atom. The van der Waals surface area contributed by atoms with Gasteiger partial charge in [-0.25, -0.2) is 4.39 Å². The van der Waals surface area contributed by atoms with Crippen molar-refractivity contribution in [3.05, 3.63) is 43.5 Å². The largest absolute Gasteiger partial charge is 0.481 e. The van der Waals surface area contributed by atoms with E-state index in [9.17, 15) is 14.0 Å². The molecule has 0 spiro atoms. The predicted octanol–water partition coefficient (Wildman–Crippen LogP) is 3.34. The molecule has 4 nitrogen and oxygen atoms in total. The van der Waals surface area contributed by atoms with Gasteiger partial charge in [-0.15, -0.1) is 0 Å². The van der Waals surface area contributed by atoms with Crippen LogP contribution in [0.5, 0.6) is 0 Å². The van der Waals surface area contributed by atoms with E-state index in [4.69, 9.17) is 5.11 Å². The Morgan fingerprint density at radius 1 is 1.45 bits per heavy atom. The summed E-state index contributed by atoms with van der Waals surface area (Å²) < 4.78 is 15.1. The number of hydrogen-bond acceptors (Lipinski definition) is 3. The van der Waals surface area contributed by atoms with E-state index in [1.54, 1.807) is 17.5 Å². The minimum Gasteiger partial charge on any atom is -0.481 e. The van der Waals surface area contributed by atoms with Gasteiger partial charge in [0.2, 0.25) is 0 Å². The summed E-state index contributed by atoms with van der Waals surface area (Å²) in [6.45, 7) is 0.332. The number of carbonyl (C=O) groups is 1. The first-order valence-electron chi connectivity index (χ1n) is 5.84. The predicted molar refractivity (Wildman–Crippen MR) is 78.5 cm³/mol. The highest BCUT2D eigenvalue weighted by Crippen LogP contribution is 2.25. The molecule has 0 radical (unpaired) electrons. The molecule has 0 fully saturated rings. The van der Waals surface area contributed by atoms with Gasteiger partial charge in [0.25, 0.3) is 0 Å². The van der Waals surface area contributed by atoms with Gasteiger partial charge in [0.15, 0.2) is 0 Å². The van der Waals surface area contributed by atoms with Crippen molar-refractivity contribution in [1.29, 1.82) is 0 Å². The second kappa shape index (κ2) is 6.32. The maximum Gasteiger partial charge on any atom is 0.307 e. The van der Waals surface area contributed by atoms with Crippen LogP contribution in [0.4, 0.5) is 4.39 Å². The van der Waals surface area contributed by atoms with Crippen LogP contribution < -0.4 is 4.87 Å². The van der Waals surface area contributed by atoms with Crippen LogP contribution in [0.25, 0.3) is 11.3 Å². The molecule has 1 heterocycles. The van der Waals surface area contributed by atoms with Crippen LogP contribution in [0.15, 0.2) is 32.8 Å². The van der Waals surface area contributed by atoms with E-state index in [1.165, 1.54) is 10.6 Å². The fourth-order valence-corrected chi connectivity index (χ4v) is 2.98. The van der Waals surface area contributed by atoms with Gasteiger partial charge in [0.05, 0.1) is 10.2 Å². The molecule has 0 amide bonds. The van der Waals surface area contributed by atoms with Crippen LogP contribution in [0.1, 0.15) is 12.8 Å². The number of carboxylic acid groups (broad SMARTS) is 1. The van der Waals surface area contributed by atoms with Gasteiger partial charge in [-0.1, -0.05) is 11.3 Å². The molecule has 1 N–H and O–H groups in total. The quantitative estimate of drug-likeness (QED) is 0.890. The number of benzene rings is 1. The molecule has 20 heavy (non-hydrogen) atoms. The lowest BCUT2D eigenvalue weighted by molar-refractivity contribution is -0.137. The molecule has 2 aromatic rings. The molecule has 0 saturated heterocycles. The number of aliphatic carboxylic acids is 1. The maximum atomic E-state index is 13.2. The third-order valence-electron chi connectivity index (χ3n) is 2.77. The molecule has 0 aliphatic heterocycles. The van der Waals surface area contributed by atoms with Gasteiger partial charge >= 0.3 is 10.8 Å². The number of rotatable bonds is 5. The van der Waals surface area contributed by atoms with E-state index in [0.717, 1.165) is 11.3 Å². The number of hydrogen-bond donors (Lipinski definition) is 1. The average Bonchev–Trinajstić information content (AvgIpc) is 2.74. The SMILES string of the molecule is O=C(O)CCCn1c(-c2ccc(F)c(Br)c2)csc1=O. The van der Waals surface area contributed by atoms with E-state index < -0.39 is 5.97 Å². The second-order valence-electron chi connectivity index (χ2n) is 4.16. The lowest BCUT2D eigenvalue weighted by Gasteiger charge is -2.07. The summed E-state index contributed by atoms with van der Waals surface area (Å²) in [4.78, 5) is 22.2. The summed E-state index contributed by atoms with van der Waals surface area (Å²) in [6, 6.07) is 4.52. The van der Waals surface area contributed by atoms with E-state index in [0.29, 0.717) is 28.7 Å². The van der Waals surface area contributed by atoms with Gasteiger partial charge in [0.1, 0.15) is 5.82 Å². The van der Waals surface area contributed by atoms with Crippen LogP contribution in [0, 0.1) is 5.82 Å². The fourth-order valence-electron chi connectivity index (χ4n) is 1.81. The first kappa shape index (κ1) is 14.9. The van der Waals surface area contributed by atoms with Crippen molar-refractivity contribution in [3.63, 3.8) is 0 Å². The second-order valence-corrected chi connectivity index (χ2v) is 5.84. The Kier molecular flexibility index (Phi) is 4.72. The fraction of sp³-hybridized carbons (Fsp3) is 0.231. The topological polar surface area (TPSA) is 59.3 Å². The smallest absolute Gasteiger partial charge is 0.307 e. The van der Waals surface area contributed by atoms with Crippen molar-refractivity contribution < 1.29 is 14.3 Å². The number of halogens is 2. The Bertz CT molecular complexity index is 695. The van der Waals surface area contributed by atoms with Crippen LogP contribution in [0.2, 0.25) is 0 Å². The van der Waals surface area contributed by atoms with Crippen molar-refractivity contribution in [2.75, 3.05) is 0 Å². The monoisotopic (exact) mass is 359 g/mol. The van der Waals surface area contributed by atoms with Gasteiger partial charge in [-0.3, -0.25) is 14.2 Å². The Labute approximate surface area is 126 Å². The minimum atomic E-state index is -0.889. The highest BCUT2D eigenvalue weighted by atomic mass is 79.9. The maximum absolute atomic E-state index is 13.2. The molecule has 0 saturated carbocycles. The molecule has 0 aliphatic carbocycles. The highest BCUT2D eigenvalue weighted by molar-refractivity contribution is 9.10. The molecule has 0 unspecified atom stereocenters. The molecule has 0 aliphatic rings.